The molecule has 2 aromatic rings. The summed E-state index contributed by atoms with van der Waals surface area (Å²) in [4.78, 5) is 0. The smallest absolute Gasteiger partial charge is 0.0488 e. The molecular weight excluding hydrogens is 206 g/mol. The molecule has 1 nitrogen and oxygen atoms in total. The van der Waals surface area contributed by atoms with Gasteiger partial charge in [-0.25, -0.2) is 0 Å². The van der Waals surface area contributed by atoms with Gasteiger partial charge in [-0.3, -0.25) is 0 Å². The van der Waals surface area contributed by atoms with E-state index in [1.165, 1.54) is 21.5 Å². The zero-order valence-corrected chi connectivity index (χ0v) is 11.2. The summed E-state index contributed by atoms with van der Waals surface area (Å²) in [7, 11) is 2.15. The van der Waals surface area contributed by atoms with Crippen LogP contribution in [0.4, 0.5) is 0 Å². The van der Waals surface area contributed by atoms with E-state index in [1.807, 2.05) is 0 Å². The van der Waals surface area contributed by atoms with Crippen LogP contribution in [0.1, 0.15) is 27.2 Å². The van der Waals surface area contributed by atoms with Crippen LogP contribution in [-0.4, -0.2) is 4.57 Å². The highest BCUT2D eigenvalue weighted by atomic mass is 14.9. The molecular formula is C16H21N. The molecule has 90 valence electrons. The molecule has 1 heterocycles. The first kappa shape index (κ1) is 12.0. The molecule has 2 rings (SSSR count). The van der Waals surface area contributed by atoms with Gasteiger partial charge in [0.2, 0.25) is 0 Å². The molecule has 0 bridgehead atoms. The fourth-order valence-electron chi connectivity index (χ4n) is 2.34. The summed E-state index contributed by atoms with van der Waals surface area (Å²) in [6.07, 6.45) is 5.71. The Hall–Kier alpha value is -1.50. The molecule has 1 aromatic carbocycles. The first-order valence-electron chi connectivity index (χ1n) is 6.35. The first-order valence-corrected chi connectivity index (χ1v) is 6.35. The lowest BCUT2D eigenvalue weighted by atomic mass is 10.1. The van der Waals surface area contributed by atoms with Crippen LogP contribution in [0.15, 0.2) is 24.3 Å². The molecule has 0 amide bonds. The molecule has 0 aliphatic rings. The normalized spacial score (nSPS) is 14.2. The largest absolute Gasteiger partial charge is 0.344 e. The van der Waals surface area contributed by atoms with Crippen molar-refractivity contribution in [3.8, 4) is 0 Å². The summed E-state index contributed by atoms with van der Waals surface area (Å²) < 4.78 is 2.30. The molecule has 0 spiro atoms. The average molecular weight is 227 g/mol. The minimum atomic E-state index is 0.706. The Morgan fingerprint density at radius 3 is 2.59 bits per heavy atom. The molecule has 0 saturated heterocycles. The third kappa shape index (κ3) is 2.14. The zero-order valence-electron chi connectivity index (χ0n) is 11.2. The van der Waals surface area contributed by atoms with E-state index in [0.717, 1.165) is 6.42 Å². The molecule has 0 aliphatic carbocycles. The molecule has 0 radical (unpaired) electrons. The monoisotopic (exact) mass is 227 g/mol. The minimum Gasteiger partial charge on any atom is -0.344 e. The van der Waals surface area contributed by atoms with Crippen LogP contribution >= 0.6 is 0 Å². The predicted molar refractivity (Wildman–Crippen MR) is 76.2 cm³/mol. The van der Waals surface area contributed by atoms with Gasteiger partial charge in [0, 0.05) is 28.5 Å². The maximum Gasteiger partial charge on any atom is 0.0488 e. The number of para-hydroxylation sites is 1. The Kier molecular flexibility index (Phi) is 3.37. The van der Waals surface area contributed by atoms with Gasteiger partial charge in [0.05, 0.1) is 0 Å². The maximum atomic E-state index is 2.36. The highest BCUT2D eigenvalue weighted by molar-refractivity contribution is 5.81. The van der Waals surface area contributed by atoms with E-state index < -0.39 is 0 Å². The molecule has 1 aromatic heterocycles. The van der Waals surface area contributed by atoms with Gasteiger partial charge in [0.25, 0.3) is 0 Å². The van der Waals surface area contributed by atoms with Crippen LogP contribution in [0.3, 0.4) is 0 Å². The minimum absolute atomic E-state index is 0.706. The fourth-order valence-corrected chi connectivity index (χ4v) is 2.34. The quantitative estimate of drug-likeness (QED) is 0.743. The average Bonchev–Trinajstić information content (AvgIpc) is 2.60. The van der Waals surface area contributed by atoms with Gasteiger partial charge >= 0.3 is 0 Å². The van der Waals surface area contributed by atoms with Crippen molar-refractivity contribution in [1.82, 2.24) is 4.57 Å². The lowest BCUT2D eigenvalue weighted by molar-refractivity contribution is 0.679. The van der Waals surface area contributed by atoms with E-state index in [4.69, 9.17) is 0 Å². The van der Waals surface area contributed by atoms with Crippen molar-refractivity contribution >= 4 is 23.1 Å². The Morgan fingerprint density at radius 2 is 1.94 bits per heavy atom. The SMILES string of the molecule is C/C=c1\c(=C/CC(C)C)n(C)c2ccccc12. The molecule has 0 fully saturated rings. The van der Waals surface area contributed by atoms with E-state index in [0.29, 0.717) is 5.92 Å². The van der Waals surface area contributed by atoms with Crippen molar-refractivity contribution in [2.24, 2.45) is 13.0 Å². The number of benzene rings is 1. The van der Waals surface area contributed by atoms with Crippen LogP contribution in [0.5, 0.6) is 0 Å². The van der Waals surface area contributed by atoms with E-state index in [9.17, 15) is 0 Å². The summed E-state index contributed by atoms with van der Waals surface area (Å²) in [5.41, 5.74) is 1.32. The van der Waals surface area contributed by atoms with E-state index in [1.54, 1.807) is 0 Å². The van der Waals surface area contributed by atoms with Crippen molar-refractivity contribution in [2.45, 2.75) is 27.2 Å². The van der Waals surface area contributed by atoms with Crippen LogP contribution in [0.25, 0.3) is 23.1 Å². The molecule has 0 N–H and O–H groups in total. The van der Waals surface area contributed by atoms with Crippen molar-refractivity contribution in [2.75, 3.05) is 0 Å². The van der Waals surface area contributed by atoms with E-state index >= 15 is 0 Å². The van der Waals surface area contributed by atoms with Gasteiger partial charge in [-0.15, -0.1) is 0 Å². The molecule has 0 unspecified atom stereocenters. The number of hydrogen-bond acceptors (Lipinski definition) is 0. The summed E-state index contributed by atoms with van der Waals surface area (Å²) >= 11 is 0. The maximum absolute atomic E-state index is 2.36. The Labute approximate surface area is 103 Å². The van der Waals surface area contributed by atoms with Crippen molar-refractivity contribution < 1.29 is 0 Å². The first-order chi connectivity index (χ1) is 8.15. The number of nitrogens with zero attached hydrogens (tertiary/aromatic N) is 1. The highest BCUT2D eigenvalue weighted by Crippen LogP contribution is 2.07. The van der Waals surface area contributed by atoms with Crippen LogP contribution in [0.2, 0.25) is 0 Å². The standard InChI is InChI=1S/C16H21N/c1-5-13-14-8-6-7-9-15(14)17(4)16(13)11-10-12(2)3/h5-9,11-12H,10H2,1-4H3/b13-5-,16-11+. The number of aryl methyl sites for hydroxylation is 1. The third-order valence-corrected chi connectivity index (χ3v) is 3.26. The Balaban J connectivity index is 2.79. The van der Waals surface area contributed by atoms with Crippen LogP contribution in [0, 0.1) is 5.92 Å². The zero-order chi connectivity index (χ0) is 12.4. The Bertz CT molecular complexity index is 629. The Morgan fingerprint density at radius 1 is 1.24 bits per heavy atom. The number of hydrogen-bond donors (Lipinski definition) is 0. The van der Waals surface area contributed by atoms with Gasteiger partial charge in [-0.1, -0.05) is 44.2 Å². The number of aromatic nitrogens is 1. The third-order valence-electron chi connectivity index (χ3n) is 3.26. The molecule has 0 aliphatic heterocycles. The number of fused-ring (bicyclic) bond motifs is 1. The van der Waals surface area contributed by atoms with Gasteiger partial charge in [-0.05, 0) is 25.3 Å². The lowest BCUT2D eigenvalue weighted by Crippen LogP contribution is -2.27. The second-order valence-electron chi connectivity index (χ2n) is 5.00. The second kappa shape index (κ2) is 4.79. The lowest BCUT2D eigenvalue weighted by Gasteiger charge is -1.98. The van der Waals surface area contributed by atoms with E-state index in [2.05, 4.69) is 68.8 Å². The van der Waals surface area contributed by atoms with Gasteiger partial charge in [0.15, 0.2) is 0 Å². The summed E-state index contributed by atoms with van der Waals surface area (Å²) in [6, 6.07) is 8.61. The van der Waals surface area contributed by atoms with Crippen LogP contribution < -0.4 is 10.6 Å². The van der Waals surface area contributed by atoms with Gasteiger partial charge in [-0.2, -0.15) is 0 Å². The molecule has 17 heavy (non-hydrogen) atoms. The van der Waals surface area contributed by atoms with Crippen molar-refractivity contribution in [1.29, 1.82) is 0 Å². The predicted octanol–water partition coefficient (Wildman–Crippen LogP) is 2.81. The van der Waals surface area contributed by atoms with Gasteiger partial charge in [0.1, 0.15) is 0 Å². The second-order valence-corrected chi connectivity index (χ2v) is 5.00. The highest BCUT2D eigenvalue weighted by Gasteiger charge is 2.02. The topological polar surface area (TPSA) is 4.93 Å². The molecule has 0 saturated carbocycles. The number of rotatable bonds is 2. The summed E-state index contributed by atoms with van der Waals surface area (Å²) in [5, 5.41) is 4.07. The van der Waals surface area contributed by atoms with E-state index in [-0.39, 0.29) is 0 Å². The van der Waals surface area contributed by atoms with Crippen LogP contribution in [-0.2, 0) is 7.05 Å². The van der Waals surface area contributed by atoms with Crippen molar-refractivity contribution in [3.63, 3.8) is 0 Å². The molecule has 0 atom stereocenters. The van der Waals surface area contributed by atoms with Gasteiger partial charge < -0.3 is 4.57 Å². The fraction of sp³-hybridized carbons (Fsp3) is 0.375. The summed E-state index contributed by atoms with van der Waals surface area (Å²) in [5.74, 6) is 0.706. The summed E-state index contributed by atoms with van der Waals surface area (Å²) in [6.45, 7) is 6.64. The molecule has 1 heteroatoms. The van der Waals surface area contributed by atoms with Crippen molar-refractivity contribution in [3.05, 3.63) is 34.8 Å².